The minimum atomic E-state index is -3.64. The highest BCUT2D eigenvalue weighted by Crippen LogP contribution is 2.46. The van der Waals surface area contributed by atoms with Gasteiger partial charge in [-0.1, -0.05) is 36.7 Å². The molecule has 1 fully saturated rings. The number of carbonyl (C=O) groups excluding carboxylic acids is 2. The Labute approximate surface area is 305 Å². The minimum absolute atomic E-state index is 0.0432. The van der Waals surface area contributed by atoms with Crippen LogP contribution in [0.3, 0.4) is 0 Å². The molecule has 1 saturated carbocycles. The average Bonchev–Trinajstić information content (AvgIpc) is 3.55. The summed E-state index contributed by atoms with van der Waals surface area (Å²) in [5.41, 5.74) is 2.47. The van der Waals surface area contributed by atoms with Crippen LogP contribution in [-0.4, -0.2) is 68.9 Å². The Morgan fingerprint density at radius 2 is 2.06 bits per heavy atom. The Balaban J connectivity index is 1.32. The van der Waals surface area contributed by atoms with Gasteiger partial charge in [-0.3, -0.25) is 19.0 Å². The van der Waals surface area contributed by atoms with Crippen LogP contribution in [0.5, 0.6) is 5.75 Å². The predicted molar refractivity (Wildman–Crippen MR) is 198 cm³/mol. The number of ether oxygens (including phenoxy) is 2. The van der Waals surface area contributed by atoms with Crippen LogP contribution in [0.4, 0.5) is 5.82 Å². The van der Waals surface area contributed by atoms with Crippen molar-refractivity contribution in [2.45, 2.75) is 82.6 Å². The van der Waals surface area contributed by atoms with Crippen molar-refractivity contribution in [1.29, 1.82) is 0 Å². The summed E-state index contributed by atoms with van der Waals surface area (Å²) in [4.78, 5) is 34.7. The minimum Gasteiger partial charge on any atom is -0.489 e. The van der Waals surface area contributed by atoms with Crippen LogP contribution in [0, 0.1) is 17.8 Å². The number of nitrogens with zero attached hydrogens (tertiary/aromatic N) is 5. The molecule has 2 aliphatic heterocycles. The van der Waals surface area contributed by atoms with Gasteiger partial charge in [-0.25, -0.2) is 9.19 Å². The molecule has 1 aromatic carbocycles. The first kappa shape index (κ1) is 35.7. The van der Waals surface area contributed by atoms with E-state index in [9.17, 15) is 13.8 Å². The summed E-state index contributed by atoms with van der Waals surface area (Å²) in [6.45, 7) is 8.03. The number of pyridine rings is 1. The Morgan fingerprint density at radius 1 is 1.22 bits per heavy atom. The molecule has 13 heteroatoms. The highest BCUT2D eigenvalue weighted by Gasteiger charge is 2.45. The molecule has 1 N–H and O–H groups in total. The summed E-state index contributed by atoms with van der Waals surface area (Å²) in [6, 6.07) is 9.53. The lowest BCUT2D eigenvalue weighted by atomic mass is 9.68. The van der Waals surface area contributed by atoms with Crippen LogP contribution in [0.1, 0.15) is 84.8 Å². The molecule has 0 saturated heterocycles. The van der Waals surface area contributed by atoms with Gasteiger partial charge in [-0.2, -0.15) is 5.10 Å². The zero-order valence-electron chi connectivity index (χ0n) is 29.7. The van der Waals surface area contributed by atoms with E-state index < -0.39 is 27.0 Å². The van der Waals surface area contributed by atoms with E-state index in [1.54, 1.807) is 37.0 Å². The molecule has 51 heavy (non-hydrogen) atoms. The van der Waals surface area contributed by atoms with E-state index in [-0.39, 0.29) is 28.7 Å². The Bertz CT molecular complexity index is 1970. The first-order valence-corrected chi connectivity index (χ1v) is 20.0. The molecule has 4 aliphatic rings. The second-order valence-corrected chi connectivity index (χ2v) is 17.4. The molecule has 7 rings (SSSR count). The third kappa shape index (κ3) is 6.94. The van der Waals surface area contributed by atoms with Gasteiger partial charge < -0.3 is 14.4 Å². The number of carbonyl (C=O) groups is 2. The molecule has 272 valence electrons. The van der Waals surface area contributed by atoms with Gasteiger partial charge in [0.1, 0.15) is 15.6 Å². The van der Waals surface area contributed by atoms with Gasteiger partial charge in [-0.15, -0.1) is 4.36 Å². The second-order valence-electron chi connectivity index (χ2n) is 14.7. The van der Waals surface area contributed by atoms with Gasteiger partial charge in [0.15, 0.2) is 11.6 Å². The van der Waals surface area contributed by atoms with Crippen LogP contribution in [0.15, 0.2) is 59.2 Å². The van der Waals surface area contributed by atoms with E-state index in [0.29, 0.717) is 56.1 Å². The summed E-state index contributed by atoms with van der Waals surface area (Å²) in [5.74, 6) is 0.252. The number of aryl methyl sites for hydroxylation is 2. The lowest BCUT2D eigenvalue weighted by molar-refractivity contribution is 0.0131. The maximum atomic E-state index is 14.8. The topological polar surface area (TPSA) is 128 Å². The predicted octanol–water partition coefficient (Wildman–Crippen LogP) is 6.40. The van der Waals surface area contributed by atoms with E-state index in [0.717, 1.165) is 37.1 Å². The monoisotopic (exact) mass is 734 g/mol. The Hall–Kier alpha value is -3.74. The SMILES string of the molecule is CCn1cc(C(=O)NS2(=O)=NC(=O)c3ccc4c(n3)N(C[C@@H]3CC[C@H]3[C@@H](OC)/C=C\C[C@H](C)[C@H]2C)C[C@@]2(CCCc3cc(Cl)ccc32)CO4)cn1. The number of hydrogen-bond acceptors (Lipinski definition) is 8. The van der Waals surface area contributed by atoms with Crippen molar-refractivity contribution in [3.05, 3.63) is 82.3 Å². The summed E-state index contributed by atoms with van der Waals surface area (Å²) < 4.78 is 36.0. The van der Waals surface area contributed by atoms with Crippen molar-refractivity contribution in [3.63, 3.8) is 0 Å². The smallest absolute Gasteiger partial charge is 0.305 e. The van der Waals surface area contributed by atoms with Crippen molar-refractivity contribution in [2.75, 3.05) is 31.7 Å². The number of aromatic nitrogens is 3. The standard InChI is InChI=1S/C38H47ClN6O5S/c1-5-45-21-28(19-40-45)36(46)42-51(48)25(3)24(2)8-6-10-33(49-4)30-13-11-27(30)20-44-22-38(17-7-9-26-18-29(39)12-14-31(26)38)23-50-34-16-15-32(37(47)43-51)41-35(34)44/h6,10,12,14-16,18-19,21,24-25,27,30,33H,5,7-9,11,13,17,20,22-23H2,1-4H3,(H,42,43,46,47,48)/b10-6-/t24-,25+,27-,30+,33-,38-,51?/m0/s1. The molecule has 1 unspecified atom stereocenters. The molecule has 7 atom stereocenters. The first-order chi connectivity index (χ1) is 24.5. The number of rotatable bonds is 4. The van der Waals surface area contributed by atoms with Crippen LogP contribution in [-0.2, 0) is 33.0 Å². The van der Waals surface area contributed by atoms with E-state index in [2.05, 4.69) is 43.4 Å². The van der Waals surface area contributed by atoms with E-state index in [1.165, 1.54) is 17.3 Å². The van der Waals surface area contributed by atoms with Crippen molar-refractivity contribution >= 4 is 39.1 Å². The number of hydrogen-bond donors (Lipinski definition) is 1. The van der Waals surface area contributed by atoms with Crippen LogP contribution >= 0.6 is 11.6 Å². The molecule has 2 bridgehead atoms. The number of nitrogens with one attached hydrogen (secondary N) is 1. The Morgan fingerprint density at radius 3 is 2.80 bits per heavy atom. The third-order valence-corrected chi connectivity index (χ3v) is 14.2. The summed E-state index contributed by atoms with van der Waals surface area (Å²) >= 11 is 6.45. The average molecular weight is 735 g/mol. The zero-order chi connectivity index (χ0) is 35.9. The summed E-state index contributed by atoms with van der Waals surface area (Å²) in [5, 5.41) is 4.23. The molecule has 2 aliphatic carbocycles. The van der Waals surface area contributed by atoms with Crippen LogP contribution < -0.4 is 14.4 Å². The van der Waals surface area contributed by atoms with Gasteiger partial charge in [0.25, 0.3) is 5.91 Å². The Kier molecular flexibility index (Phi) is 10.0. The molecule has 2 aromatic heterocycles. The normalized spacial score (nSPS) is 31.3. The van der Waals surface area contributed by atoms with Gasteiger partial charge in [0.05, 0.1) is 29.7 Å². The number of fused-ring (bicyclic) bond motifs is 4. The third-order valence-electron chi connectivity index (χ3n) is 11.5. The number of halogens is 1. The zero-order valence-corrected chi connectivity index (χ0v) is 31.3. The summed E-state index contributed by atoms with van der Waals surface area (Å²) in [6.07, 6.45) is 12.7. The first-order valence-electron chi connectivity index (χ1n) is 18.0. The van der Waals surface area contributed by atoms with Crippen molar-refractivity contribution in [1.82, 2.24) is 19.5 Å². The molecule has 2 amide bonds. The maximum Gasteiger partial charge on any atom is 0.305 e. The maximum absolute atomic E-state index is 14.8. The highest BCUT2D eigenvalue weighted by molar-refractivity contribution is 7.93. The number of allylic oxidation sites excluding steroid dienone is 1. The fourth-order valence-corrected chi connectivity index (χ4v) is 10.2. The number of anilines is 1. The summed E-state index contributed by atoms with van der Waals surface area (Å²) in [7, 11) is -1.88. The lowest BCUT2D eigenvalue weighted by Crippen LogP contribution is -2.49. The van der Waals surface area contributed by atoms with E-state index in [4.69, 9.17) is 26.1 Å². The van der Waals surface area contributed by atoms with E-state index in [1.807, 2.05) is 19.9 Å². The van der Waals surface area contributed by atoms with Crippen LogP contribution in [0.25, 0.3) is 0 Å². The van der Waals surface area contributed by atoms with Gasteiger partial charge in [-0.05, 0) is 106 Å². The number of amides is 2. The van der Waals surface area contributed by atoms with Crippen molar-refractivity contribution in [3.8, 4) is 5.75 Å². The van der Waals surface area contributed by atoms with E-state index >= 15 is 0 Å². The number of methoxy groups -OCH3 is 1. The molecule has 4 heterocycles. The molecule has 1 spiro atoms. The van der Waals surface area contributed by atoms with Gasteiger partial charge in [0.2, 0.25) is 0 Å². The lowest BCUT2D eigenvalue weighted by Gasteiger charge is -2.45. The molecule has 11 nitrogen and oxygen atoms in total. The fourth-order valence-electron chi connectivity index (χ4n) is 8.18. The molecule has 3 aromatic rings. The molecule has 0 radical (unpaired) electrons. The van der Waals surface area contributed by atoms with Crippen LogP contribution in [0.2, 0.25) is 5.02 Å². The number of benzene rings is 1. The van der Waals surface area contributed by atoms with Gasteiger partial charge in [0, 0.05) is 43.4 Å². The fraction of sp³-hybridized carbons (Fsp3) is 0.526. The molecular formula is C38H47ClN6O5S. The highest BCUT2D eigenvalue weighted by atomic mass is 35.5. The van der Waals surface area contributed by atoms with Crippen molar-refractivity contribution in [2.24, 2.45) is 22.1 Å². The van der Waals surface area contributed by atoms with Gasteiger partial charge >= 0.3 is 5.91 Å². The quantitative estimate of drug-likeness (QED) is 0.305. The largest absolute Gasteiger partial charge is 0.489 e. The molecular weight excluding hydrogens is 688 g/mol. The second kappa shape index (κ2) is 14.4. The van der Waals surface area contributed by atoms with Crippen molar-refractivity contribution < 1.29 is 23.3 Å².